The molecule has 0 radical (unpaired) electrons. The lowest BCUT2D eigenvalue weighted by molar-refractivity contribution is -0.121. The smallest absolute Gasteiger partial charge is 0.220 e. The maximum absolute atomic E-state index is 11.7. The van der Waals surface area contributed by atoms with Crippen molar-refractivity contribution in [3.63, 3.8) is 0 Å². The van der Waals surface area contributed by atoms with Gasteiger partial charge in [-0.1, -0.05) is 36.8 Å². The molecular weight excluding hydrogens is 248 g/mol. The maximum Gasteiger partial charge on any atom is 0.220 e. The standard InChI is InChI=1S/C17H26N2O/c20-17(11-6-9-15-7-2-1-3-8-15)19-14-12-16-10-4-5-13-18-16/h1-3,7-8,16,18H,4-6,9-14H2,(H,19,20). The molecule has 1 saturated heterocycles. The normalized spacial score (nSPS) is 18.7. The molecule has 20 heavy (non-hydrogen) atoms. The van der Waals surface area contributed by atoms with Gasteiger partial charge >= 0.3 is 0 Å². The number of benzene rings is 1. The zero-order valence-corrected chi connectivity index (χ0v) is 12.2. The number of carbonyl (C=O) groups excluding carboxylic acids is 1. The van der Waals surface area contributed by atoms with Crippen molar-refractivity contribution in [2.45, 2.75) is 51.0 Å². The van der Waals surface area contributed by atoms with Crippen molar-refractivity contribution in [3.8, 4) is 0 Å². The minimum Gasteiger partial charge on any atom is -0.356 e. The van der Waals surface area contributed by atoms with Crippen molar-refractivity contribution in [1.82, 2.24) is 10.6 Å². The monoisotopic (exact) mass is 274 g/mol. The van der Waals surface area contributed by atoms with Crippen LogP contribution in [0.2, 0.25) is 0 Å². The Hall–Kier alpha value is -1.35. The Balaban J connectivity index is 1.52. The van der Waals surface area contributed by atoms with Gasteiger partial charge in [0.1, 0.15) is 0 Å². The summed E-state index contributed by atoms with van der Waals surface area (Å²) in [5.41, 5.74) is 1.31. The Morgan fingerprint density at radius 3 is 2.85 bits per heavy atom. The molecule has 1 atom stereocenters. The third-order valence-corrected chi connectivity index (χ3v) is 3.94. The molecule has 0 saturated carbocycles. The van der Waals surface area contributed by atoms with Gasteiger partial charge in [0.05, 0.1) is 0 Å². The van der Waals surface area contributed by atoms with Gasteiger partial charge in [-0.15, -0.1) is 0 Å². The van der Waals surface area contributed by atoms with Crippen molar-refractivity contribution >= 4 is 5.91 Å². The molecule has 1 aromatic carbocycles. The Morgan fingerprint density at radius 2 is 2.10 bits per heavy atom. The summed E-state index contributed by atoms with van der Waals surface area (Å²) in [4.78, 5) is 11.7. The lowest BCUT2D eigenvalue weighted by atomic mass is 10.0. The molecule has 0 bridgehead atoms. The van der Waals surface area contributed by atoms with E-state index in [1.54, 1.807) is 0 Å². The highest BCUT2D eigenvalue weighted by Gasteiger charge is 2.12. The average molecular weight is 274 g/mol. The van der Waals surface area contributed by atoms with Crippen molar-refractivity contribution in [1.29, 1.82) is 0 Å². The first-order valence-electron chi connectivity index (χ1n) is 7.88. The Labute approximate surface area is 122 Å². The van der Waals surface area contributed by atoms with Crippen LogP contribution in [0.5, 0.6) is 0 Å². The lowest BCUT2D eigenvalue weighted by Gasteiger charge is -2.23. The molecule has 110 valence electrons. The number of hydrogen-bond donors (Lipinski definition) is 2. The molecule has 1 unspecified atom stereocenters. The van der Waals surface area contributed by atoms with Gasteiger partial charge in [-0.3, -0.25) is 4.79 Å². The molecule has 3 heteroatoms. The predicted octanol–water partition coefficient (Wildman–Crippen LogP) is 2.66. The molecular formula is C17H26N2O. The van der Waals surface area contributed by atoms with Gasteiger partial charge in [0.15, 0.2) is 0 Å². The zero-order valence-electron chi connectivity index (χ0n) is 12.2. The second kappa shape index (κ2) is 8.75. The van der Waals surface area contributed by atoms with Crippen LogP contribution in [0.25, 0.3) is 0 Å². The zero-order chi connectivity index (χ0) is 14.0. The fourth-order valence-corrected chi connectivity index (χ4v) is 2.74. The number of nitrogens with one attached hydrogen (secondary N) is 2. The van der Waals surface area contributed by atoms with Gasteiger partial charge in [-0.05, 0) is 44.2 Å². The summed E-state index contributed by atoms with van der Waals surface area (Å²) >= 11 is 0. The molecule has 0 aromatic heterocycles. The number of hydrogen-bond acceptors (Lipinski definition) is 2. The van der Waals surface area contributed by atoms with Gasteiger partial charge in [-0.25, -0.2) is 0 Å². The first-order chi connectivity index (χ1) is 9.84. The van der Waals surface area contributed by atoms with E-state index in [1.807, 2.05) is 18.2 Å². The second-order valence-corrected chi connectivity index (χ2v) is 5.62. The predicted molar refractivity (Wildman–Crippen MR) is 82.6 cm³/mol. The number of amides is 1. The number of rotatable bonds is 7. The van der Waals surface area contributed by atoms with E-state index in [2.05, 4.69) is 22.8 Å². The third kappa shape index (κ3) is 5.74. The molecule has 1 aliphatic heterocycles. The van der Waals surface area contributed by atoms with Crippen molar-refractivity contribution in [3.05, 3.63) is 35.9 Å². The van der Waals surface area contributed by atoms with Crippen molar-refractivity contribution in [2.24, 2.45) is 0 Å². The van der Waals surface area contributed by atoms with E-state index in [0.717, 1.165) is 32.4 Å². The van der Waals surface area contributed by atoms with Crippen LogP contribution in [0.15, 0.2) is 30.3 Å². The number of carbonyl (C=O) groups is 1. The summed E-state index contributed by atoms with van der Waals surface area (Å²) < 4.78 is 0. The summed E-state index contributed by atoms with van der Waals surface area (Å²) in [6.45, 7) is 1.94. The van der Waals surface area contributed by atoms with E-state index < -0.39 is 0 Å². The van der Waals surface area contributed by atoms with Crippen LogP contribution >= 0.6 is 0 Å². The van der Waals surface area contributed by atoms with Gasteiger partial charge in [-0.2, -0.15) is 0 Å². The van der Waals surface area contributed by atoms with Gasteiger partial charge < -0.3 is 10.6 Å². The summed E-state index contributed by atoms with van der Waals surface area (Å²) in [6, 6.07) is 11.0. The van der Waals surface area contributed by atoms with Crippen LogP contribution in [0.3, 0.4) is 0 Å². The first kappa shape index (κ1) is 15.0. The number of aryl methyl sites for hydroxylation is 1. The van der Waals surface area contributed by atoms with E-state index in [4.69, 9.17) is 0 Å². The van der Waals surface area contributed by atoms with Crippen LogP contribution < -0.4 is 10.6 Å². The Kier molecular flexibility index (Phi) is 6.58. The van der Waals surface area contributed by atoms with E-state index >= 15 is 0 Å². The molecule has 3 nitrogen and oxygen atoms in total. The van der Waals surface area contributed by atoms with Crippen molar-refractivity contribution < 1.29 is 4.79 Å². The molecule has 2 N–H and O–H groups in total. The van der Waals surface area contributed by atoms with Gasteiger partial charge in [0.25, 0.3) is 0 Å². The van der Waals surface area contributed by atoms with Crippen LogP contribution in [0.1, 0.15) is 44.1 Å². The average Bonchev–Trinajstić information content (AvgIpc) is 2.49. The summed E-state index contributed by atoms with van der Waals surface area (Å²) in [5.74, 6) is 0.191. The van der Waals surface area contributed by atoms with Crippen LogP contribution in [-0.2, 0) is 11.2 Å². The van der Waals surface area contributed by atoms with Crippen LogP contribution in [0, 0.1) is 0 Å². The van der Waals surface area contributed by atoms with E-state index in [0.29, 0.717) is 12.5 Å². The molecule has 1 amide bonds. The molecule has 0 aliphatic carbocycles. The van der Waals surface area contributed by atoms with Crippen molar-refractivity contribution in [2.75, 3.05) is 13.1 Å². The fraction of sp³-hybridized carbons (Fsp3) is 0.588. The maximum atomic E-state index is 11.7. The minimum atomic E-state index is 0.191. The lowest BCUT2D eigenvalue weighted by Crippen LogP contribution is -2.37. The SMILES string of the molecule is O=C(CCCc1ccccc1)NCCC1CCCCN1. The summed E-state index contributed by atoms with van der Waals surface area (Å²) in [5, 5.41) is 6.54. The molecule has 2 rings (SSSR count). The Bertz CT molecular complexity index is 385. The first-order valence-corrected chi connectivity index (χ1v) is 7.88. The largest absolute Gasteiger partial charge is 0.356 e. The van der Waals surface area contributed by atoms with E-state index in [-0.39, 0.29) is 5.91 Å². The van der Waals surface area contributed by atoms with E-state index in [1.165, 1.54) is 24.8 Å². The topological polar surface area (TPSA) is 41.1 Å². The Morgan fingerprint density at radius 1 is 1.25 bits per heavy atom. The molecule has 1 aliphatic rings. The van der Waals surface area contributed by atoms with Gasteiger partial charge in [0, 0.05) is 19.0 Å². The quantitative estimate of drug-likeness (QED) is 0.802. The summed E-state index contributed by atoms with van der Waals surface area (Å²) in [6.07, 6.45) is 7.47. The van der Waals surface area contributed by atoms with Gasteiger partial charge in [0.2, 0.25) is 5.91 Å². The highest BCUT2D eigenvalue weighted by molar-refractivity contribution is 5.75. The molecule has 1 heterocycles. The second-order valence-electron chi connectivity index (χ2n) is 5.62. The molecule has 1 fully saturated rings. The third-order valence-electron chi connectivity index (χ3n) is 3.94. The minimum absolute atomic E-state index is 0.191. The molecule has 1 aromatic rings. The van der Waals surface area contributed by atoms with Crippen LogP contribution in [0.4, 0.5) is 0 Å². The fourth-order valence-electron chi connectivity index (χ4n) is 2.74. The molecule has 0 spiro atoms. The van der Waals surface area contributed by atoms with Crippen LogP contribution in [-0.4, -0.2) is 25.0 Å². The highest BCUT2D eigenvalue weighted by Crippen LogP contribution is 2.09. The highest BCUT2D eigenvalue weighted by atomic mass is 16.1. The van der Waals surface area contributed by atoms with E-state index in [9.17, 15) is 4.79 Å². The summed E-state index contributed by atoms with van der Waals surface area (Å²) in [7, 11) is 0. The number of piperidine rings is 1.